The van der Waals surface area contributed by atoms with Gasteiger partial charge in [0.05, 0.1) is 6.20 Å². The summed E-state index contributed by atoms with van der Waals surface area (Å²) in [4.78, 5) is 61.3. The standard InChI is InChI=1S/C24H25N11O6S2/c25-23(40)28-13-9-33(14-6-3-7-27-35(13)14)8-11-10-42-21-16(20(37)34(21)17(11)22(38)39)29-19(36)15(18-30-24(26)43-32-18)31-41-12-4-1-2-5-12/h3,6-7,9,12,16,21H,1-2,4-5,8,10H2,(H6-,25,26,27,28,29,30,32,36,38,39,40)/p+1/b31-15-/t16-,21-/m1/s1. The molecule has 0 spiro atoms. The van der Waals surface area contributed by atoms with Crippen molar-refractivity contribution in [3.05, 3.63) is 41.6 Å². The van der Waals surface area contributed by atoms with Gasteiger partial charge in [0.2, 0.25) is 11.5 Å². The van der Waals surface area contributed by atoms with Crippen LogP contribution in [0.2, 0.25) is 0 Å². The van der Waals surface area contributed by atoms with E-state index in [0.717, 1.165) is 37.2 Å². The van der Waals surface area contributed by atoms with Crippen LogP contribution in [0.3, 0.4) is 0 Å². The van der Waals surface area contributed by atoms with Crippen LogP contribution in [0.4, 0.5) is 15.7 Å². The number of rotatable bonds is 9. The molecule has 6 rings (SSSR count). The number of nitrogens with one attached hydrogen (secondary N) is 2. The number of nitrogen functional groups attached to an aromatic ring is 1. The highest BCUT2D eigenvalue weighted by Crippen LogP contribution is 2.40. The van der Waals surface area contributed by atoms with Gasteiger partial charge in [0, 0.05) is 28.9 Å². The monoisotopic (exact) mass is 628 g/mol. The molecule has 19 heteroatoms. The smallest absolute Gasteiger partial charge is 0.352 e. The number of carbonyl (C=O) groups excluding carboxylic acids is 3. The molecule has 3 aliphatic rings. The number of imidazole rings is 1. The number of amides is 4. The maximum Gasteiger partial charge on any atom is 0.352 e. The van der Waals surface area contributed by atoms with Crippen LogP contribution < -0.4 is 26.7 Å². The molecule has 4 amide bonds. The minimum atomic E-state index is -1.29. The summed E-state index contributed by atoms with van der Waals surface area (Å²) in [7, 11) is 0. The van der Waals surface area contributed by atoms with Crippen LogP contribution in [0.1, 0.15) is 31.5 Å². The van der Waals surface area contributed by atoms with Gasteiger partial charge in [-0.2, -0.15) is 9.36 Å². The number of hydrogen-bond acceptors (Lipinski definition) is 12. The van der Waals surface area contributed by atoms with Crippen molar-refractivity contribution in [1.29, 1.82) is 0 Å². The van der Waals surface area contributed by atoms with Crippen molar-refractivity contribution in [2.24, 2.45) is 10.9 Å². The first kappa shape index (κ1) is 28.3. The lowest BCUT2D eigenvalue weighted by molar-refractivity contribution is -0.662. The largest absolute Gasteiger partial charge is 0.477 e. The van der Waals surface area contributed by atoms with E-state index in [1.54, 1.807) is 22.9 Å². The summed E-state index contributed by atoms with van der Waals surface area (Å²) in [6.07, 6.45) is 6.58. The molecule has 43 heavy (non-hydrogen) atoms. The van der Waals surface area contributed by atoms with E-state index in [0.29, 0.717) is 11.2 Å². The minimum Gasteiger partial charge on any atom is -0.477 e. The number of carbonyl (C=O) groups is 4. The fraction of sp³-hybridized carbons (Fsp3) is 0.375. The molecule has 2 fully saturated rings. The molecule has 7 N–H and O–H groups in total. The SMILES string of the molecule is NC(=O)Nc1c[n+](CC2=C(C(=O)O)N3C(=O)[C@@H](NC(=O)/C(=N\OC4CCCC4)c4nsc(N)n4)[C@H]3SC2)c2cccnn12. The third kappa shape index (κ3) is 5.43. The second-order valence-corrected chi connectivity index (χ2v) is 11.8. The first-order chi connectivity index (χ1) is 20.7. The number of thioether (sulfide) groups is 1. The zero-order valence-electron chi connectivity index (χ0n) is 22.4. The van der Waals surface area contributed by atoms with Gasteiger partial charge in [0.15, 0.2) is 11.3 Å². The number of carboxylic acid groups (broad SMARTS) is 1. The number of carboxylic acids is 1. The van der Waals surface area contributed by atoms with Gasteiger partial charge in [-0.05, 0) is 31.7 Å². The van der Waals surface area contributed by atoms with E-state index in [1.165, 1.54) is 27.4 Å². The zero-order valence-corrected chi connectivity index (χ0v) is 24.0. The highest BCUT2D eigenvalue weighted by molar-refractivity contribution is 8.00. The number of aliphatic carboxylic acids is 1. The molecule has 0 aromatic carbocycles. The van der Waals surface area contributed by atoms with Crippen molar-refractivity contribution in [1.82, 2.24) is 29.2 Å². The van der Waals surface area contributed by atoms with Crippen molar-refractivity contribution in [2.45, 2.75) is 49.7 Å². The summed E-state index contributed by atoms with van der Waals surface area (Å²) in [5.74, 6) is -2.10. The normalized spacial score (nSPS) is 20.6. The number of aromatic nitrogens is 5. The topological polar surface area (TPSA) is 236 Å². The molecule has 3 aromatic rings. The molecule has 3 aromatic heterocycles. The summed E-state index contributed by atoms with van der Waals surface area (Å²) in [5.41, 5.74) is 11.6. The van der Waals surface area contributed by atoms with E-state index in [1.807, 2.05) is 0 Å². The van der Waals surface area contributed by atoms with E-state index in [2.05, 4.69) is 30.2 Å². The van der Waals surface area contributed by atoms with Gasteiger partial charge in [0.25, 0.3) is 17.6 Å². The van der Waals surface area contributed by atoms with Crippen LogP contribution in [0.5, 0.6) is 0 Å². The maximum atomic E-state index is 13.3. The van der Waals surface area contributed by atoms with Crippen molar-refractivity contribution in [3.8, 4) is 0 Å². The third-order valence-corrected chi connectivity index (χ3v) is 9.03. The van der Waals surface area contributed by atoms with E-state index in [9.17, 15) is 24.3 Å². The van der Waals surface area contributed by atoms with Gasteiger partial charge in [-0.15, -0.1) is 11.8 Å². The molecule has 1 aliphatic carbocycles. The van der Waals surface area contributed by atoms with Crippen LogP contribution in [-0.4, -0.2) is 81.8 Å². The second-order valence-electron chi connectivity index (χ2n) is 9.95. The summed E-state index contributed by atoms with van der Waals surface area (Å²) in [6.45, 7) is 0.0873. The molecule has 1 saturated carbocycles. The molecule has 2 aliphatic heterocycles. The van der Waals surface area contributed by atoms with Gasteiger partial charge in [-0.3, -0.25) is 19.8 Å². The average Bonchev–Trinajstić information content (AvgIpc) is 3.73. The third-order valence-electron chi connectivity index (χ3n) is 7.14. The van der Waals surface area contributed by atoms with Crippen molar-refractivity contribution in [3.63, 3.8) is 0 Å². The lowest BCUT2D eigenvalue weighted by atomic mass is 10.0. The minimum absolute atomic E-state index is 0.0252. The quantitative estimate of drug-likeness (QED) is 0.0888. The number of fused-ring (bicyclic) bond motifs is 2. The molecule has 1 saturated heterocycles. The Balaban J connectivity index is 1.23. The maximum absolute atomic E-state index is 13.3. The predicted octanol–water partition coefficient (Wildman–Crippen LogP) is -0.352. The van der Waals surface area contributed by atoms with Crippen molar-refractivity contribution >= 4 is 69.4 Å². The van der Waals surface area contributed by atoms with Crippen LogP contribution in [0.25, 0.3) is 5.65 Å². The number of oxime groups is 1. The van der Waals surface area contributed by atoms with E-state index in [4.69, 9.17) is 16.3 Å². The Labute approximate surface area is 251 Å². The van der Waals surface area contributed by atoms with Gasteiger partial charge >= 0.3 is 17.6 Å². The van der Waals surface area contributed by atoms with Gasteiger partial charge in [-0.25, -0.2) is 14.2 Å². The Hall–Kier alpha value is -4.78. The van der Waals surface area contributed by atoms with Gasteiger partial charge in [0.1, 0.15) is 29.8 Å². The highest BCUT2D eigenvalue weighted by Gasteiger charge is 2.54. The van der Waals surface area contributed by atoms with Crippen LogP contribution >= 0.6 is 23.3 Å². The number of hydrogen-bond donors (Lipinski definition) is 5. The number of primary amides is 1. The first-order valence-corrected chi connectivity index (χ1v) is 15.0. The van der Waals surface area contributed by atoms with Crippen LogP contribution in [-0.2, 0) is 25.8 Å². The Morgan fingerprint density at radius 2 is 2.07 bits per heavy atom. The number of β-lactam (4-membered cyclic amide) rings is 1. The van der Waals surface area contributed by atoms with Crippen molar-refractivity contribution in [2.75, 3.05) is 16.8 Å². The molecule has 17 nitrogen and oxygen atoms in total. The molecule has 224 valence electrons. The van der Waals surface area contributed by atoms with E-state index in [-0.39, 0.29) is 46.6 Å². The lowest BCUT2D eigenvalue weighted by Crippen LogP contribution is -2.71. The van der Waals surface area contributed by atoms with Crippen LogP contribution in [0.15, 0.2) is 41.0 Å². The first-order valence-electron chi connectivity index (χ1n) is 13.2. The molecule has 2 atom stereocenters. The van der Waals surface area contributed by atoms with Gasteiger partial charge < -0.3 is 26.7 Å². The van der Waals surface area contributed by atoms with E-state index < -0.39 is 35.2 Å². The second kappa shape index (κ2) is 11.5. The summed E-state index contributed by atoms with van der Waals surface area (Å²) >= 11 is 2.20. The summed E-state index contributed by atoms with van der Waals surface area (Å²) < 4.78 is 7.21. The molecule has 0 bridgehead atoms. The highest BCUT2D eigenvalue weighted by atomic mass is 32.2. The van der Waals surface area contributed by atoms with Crippen molar-refractivity contribution < 1.29 is 33.7 Å². The molecule has 5 heterocycles. The lowest BCUT2D eigenvalue weighted by Gasteiger charge is -2.49. The molecular formula is C24H26N11O6S2+. The molecular weight excluding hydrogens is 602 g/mol. The van der Waals surface area contributed by atoms with Crippen LogP contribution in [0, 0.1) is 0 Å². The number of nitrogens with zero attached hydrogens (tertiary/aromatic N) is 7. The van der Waals surface area contributed by atoms with Gasteiger partial charge in [-0.1, -0.05) is 14.8 Å². The fourth-order valence-electron chi connectivity index (χ4n) is 5.23. The Morgan fingerprint density at radius 1 is 1.28 bits per heavy atom. The fourth-order valence-corrected chi connectivity index (χ4v) is 7.00. The molecule has 0 unspecified atom stereocenters. The summed E-state index contributed by atoms with van der Waals surface area (Å²) in [6, 6.07) is 1.63. The number of anilines is 2. The van der Waals surface area contributed by atoms with E-state index >= 15 is 0 Å². The summed E-state index contributed by atoms with van der Waals surface area (Å²) in [5, 5.41) is 23.0. The number of urea groups is 1. The Kier molecular flexibility index (Phi) is 7.57. The Bertz CT molecular complexity index is 1700. The Morgan fingerprint density at radius 3 is 2.77 bits per heavy atom. The average molecular weight is 629 g/mol. The molecule has 0 radical (unpaired) electrons. The predicted molar refractivity (Wildman–Crippen MR) is 152 cm³/mol. The zero-order chi connectivity index (χ0) is 30.2. The number of nitrogens with two attached hydrogens (primary N) is 2.